The molecule has 0 spiro atoms. The second-order valence-corrected chi connectivity index (χ2v) is 6.50. The fraction of sp³-hybridized carbons (Fsp3) is 0.231. The van der Waals surface area contributed by atoms with Gasteiger partial charge in [-0.1, -0.05) is 23.7 Å². The predicted molar refractivity (Wildman–Crippen MR) is 83.7 cm³/mol. The van der Waals surface area contributed by atoms with Gasteiger partial charge in [-0.15, -0.1) is 11.3 Å². The first-order valence-electron chi connectivity index (χ1n) is 5.39. The lowest BCUT2D eigenvalue weighted by atomic mass is 10.0. The number of hydrogen-bond donors (Lipinski definition) is 1. The second kappa shape index (κ2) is 6.18. The minimum atomic E-state index is 0.0617. The first kappa shape index (κ1) is 13.3. The Hall–Kier alpha value is -0.100. The molecule has 1 aromatic carbocycles. The van der Waals surface area contributed by atoms with Crippen molar-refractivity contribution in [1.82, 2.24) is 0 Å². The lowest BCUT2D eigenvalue weighted by Crippen LogP contribution is -2.11. The van der Waals surface area contributed by atoms with Crippen LogP contribution in [0.4, 0.5) is 0 Å². The van der Waals surface area contributed by atoms with E-state index in [9.17, 15) is 0 Å². The molecule has 4 heteroatoms. The predicted octanol–water partition coefficient (Wildman–Crippen LogP) is 4.64. The van der Waals surface area contributed by atoms with Crippen molar-refractivity contribution in [1.29, 1.82) is 0 Å². The summed E-state index contributed by atoms with van der Waals surface area (Å²) in [6.07, 6.45) is 1.99. The van der Waals surface area contributed by atoms with Crippen molar-refractivity contribution in [3.8, 4) is 0 Å². The Morgan fingerprint density at radius 3 is 2.82 bits per heavy atom. The smallest absolute Gasteiger partial charge is 0.0542 e. The van der Waals surface area contributed by atoms with Gasteiger partial charge in [0.25, 0.3) is 0 Å². The Labute approximate surface area is 124 Å². The van der Waals surface area contributed by atoms with Gasteiger partial charge in [-0.2, -0.15) is 0 Å². The third-order valence-corrected chi connectivity index (χ3v) is 5.16. The molecule has 0 saturated heterocycles. The molecule has 90 valence electrons. The van der Waals surface area contributed by atoms with Crippen LogP contribution in [0.2, 0.25) is 5.02 Å². The monoisotopic (exact) mass is 377 g/mol. The molecule has 2 rings (SSSR count). The maximum atomic E-state index is 6.17. The second-order valence-electron chi connectivity index (χ2n) is 3.90. The Morgan fingerprint density at radius 2 is 2.18 bits per heavy atom. The van der Waals surface area contributed by atoms with Crippen LogP contribution in [0.1, 0.15) is 22.9 Å². The Morgan fingerprint density at radius 1 is 1.35 bits per heavy atom. The minimum Gasteiger partial charge on any atom is -0.324 e. The zero-order valence-electron chi connectivity index (χ0n) is 9.20. The Kier molecular flexibility index (Phi) is 4.85. The lowest BCUT2D eigenvalue weighted by Gasteiger charge is -2.12. The van der Waals surface area contributed by atoms with Gasteiger partial charge in [0.1, 0.15) is 0 Å². The summed E-state index contributed by atoms with van der Waals surface area (Å²) >= 11 is 10.1. The van der Waals surface area contributed by atoms with Crippen LogP contribution < -0.4 is 5.73 Å². The highest BCUT2D eigenvalue weighted by atomic mass is 127. The molecule has 0 fully saturated rings. The molecule has 1 heterocycles. The van der Waals surface area contributed by atoms with E-state index in [1.807, 2.05) is 12.1 Å². The van der Waals surface area contributed by atoms with Crippen LogP contribution in [0.25, 0.3) is 0 Å². The summed E-state index contributed by atoms with van der Waals surface area (Å²) in [4.78, 5) is 1.39. The summed E-state index contributed by atoms with van der Waals surface area (Å²) in [5.74, 6) is 0. The first-order chi connectivity index (χ1) is 8.16. The largest absolute Gasteiger partial charge is 0.324 e. The zero-order chi connectivity index (χ0) is 12.3. The molecule has 0 aliphatic carbocycles. The minimum absolute atomic E-state index is 0.0617. The fourth-order valence-corrected chi connectivity index (χ4v) is 2.91. The summed E-state index contributed by atoms with van der Waals surface area (Å²) < 4.78 is 1.07. The normalized spacial score (nSPS) is 12.6. The fourth-order valence-electron chi connectivity index (χ4n) is 1.66. The molecular formula is C13H13ClINS. The molecule has 1 nitrogen and oxygen atoms in total. The van der Waals surface area contributed by atoms with Crippen LogP contribution >= 0.6 is 45.5 Å². The SMILES string of the molecule is NC(CCc1cccs1)c1ccc(I)c(Cl)c1. The topological polar surface area (TPSA) is 26.0 Å². The number of rotatable bonds is 4. The Bertz CT molecular complexity index is 484. The molecule has 0 bridgehead atoms. The summed E-state index contributed by atoms with van der Waals surface area (Å²) in [5, 5.41) is 2.89. The van der Waals surface area contributed by atoms with E-state index in [1.165, 1.54) is 4.88 Å². The molecule has 0 amide bonds. The molecule has 0 radical (unpaired) electrons. The number of halogens is 2. The van der Waals surface area contributed by atoms with Gasteiger partial charge in [-0.3, -0.25) is 0 Å². The highest BCUT2D eigenvalue weighted by Gasteiger charge is 2.08. The summed E-state index contributed by atoms with van der Waals surface area (Å²) in [5.41, 5.74) is 7.29. The maximum Gasteiger partial charge on any atom is 0.0542 e. The molecule has 2 N–H and O–H groups in total. The van der Waals surface area contributed by atoms with E-state index in [1.54, 1.807) is 11.3 Å². The number of benzene rings is 1. The van der Waals surface area contributed by atoms with E-state index in [2.05, 4.69) is 46.2 Å². The van der Waals surface area contributed by atoms with E-state index in [4.69, 9.17) is 17.3 Å². The zero-order valence-corrected chi connectivity index (χ0v) is 12.9. The van der Waals surface area contributed by atoms with Crippen molar-refractivity contribution in [2.24, 2.45) is 5.73 Å². The maximum absolute atomic E-state index is 6.17. The molecule has 2 aromatic rings. The van der Waals surface area contributed by atoms with Crippen LogP contribution in [-0.2, 0) is 6.42 Å². The number of nitrogens with two attached hydrogens (primary N) is 1. The quantitative estimate of drug-likeness (QED) is 0.772. The van der Waals surface area contributed by atoms with Gasteiger partial charge in [0.2, 0.25) is 0 Å². The molecule has 1 unspecified atom stereocenters. The van der Waals surface area contributed by atoms with Crippen LogP contribution in [0.5, 0.6) is 0 Å². The lowest BCUT2D eigenvalue weighted by molar-refractivity contribution is 0.655. The number of aryl methyl sites for hydroxylation is 1. The number of thiophene rings is 1. The standard InChI is InChI=1S/C13H13ClINS/c14-11-8-9(3-5-12(11)15)13(16)6-4-10-2-1-7-17-10/h1-3,5,7-8,13H,4,6,16H2. The van der Waals surface area contributed by atoms with Crippen molar-refractivity contribution < 1.29 is 0 Å². The van der Waals surface area contributed by atoms with Gasteiger partial charge in [0.15, 0.2) is 0 Å². The van der Waals surface area contributed by atoms with Gasteiger partial charge >= 0.3 is 0 Å². The van der Waals surface area contributed by atoms with E-state index >= 15 is 0 Å². The van der Waals surface area contributed by atoms with Crippen LogP contribution in [0.15, 0.2) is 35.7 Å². The molecule has 0 aliphatic heterocycles. The van der Waals surface area contributed by atoms with Crippen molar-refractivity contribution in [2.45, 2.75) is 18.9 Å². The first-order valence-corrected chi connectivity index (χ1v) is 7.73. The summed E-state index contributed by atoms with van der Waals surface area (Å²) in [6.45, 7) is 0. The van der Waals surface area contributed by atoms with Gasteiger partial charge < -0.3 is 5.73 Å². The van der Waals surface area contributed by atoms with E-state index < -0.39 is 0 Å². The average molecular weight is 378 g/mol. The van der Waals surface area contributed by atoms with E-state index in [-0.39, 0.29) is 6.04 Å². The van der Waals surface area contributed by atoms with Crippen molar-refractivity contribution in [3.63, 3.8) is 0 Å². The van der Waals surface area contributed by atoms with Crippen molar-refractivity contribution >= 4 is 45.5 Å². The third-order valence-electron chi connectivity index (χ3n) is 2.65. The van der Waals surface area contributed by atoms with Crippen molar-refractivity contribution in [3.05, 3.63) is 54.7 Å². The molecule has 0 saturated carbocycles. The molecule has 1 atom stereocenters. The van der Waals surface area contributed by atoms with Gasteiger partial charge in [-0.05, 0) is 64.6 Å². The molecular weight excluding hydrogens is 365 g/mol. The van der Waals surface area contributed by atoms with Crippen LogP contribution in [0, 0.1) is 3.57 Å². The van der Waals surface area contributed by atoms with Gasteiger partial charge in [0, 0.05) is 14.5 Å². The van der Waals surface area contributed by atoms with E-state index in [0.717, 1.165) is 27.0 Å². The van der Waals surface area contributed by atoms with Gasteiger partial charge in [0.05, 0.1) is 5.02 Å². The average Bonchev–Trinajstić information content (AvgIpc) is 2.82. The van der Waals surface area contributed by atoms with Crippen molar-refractivity contribution in [2.75, 3.05) is 0 Å². The summed E-state index contributed by atoms with van der Waals surface area (Å²) in [7, 11) is 0. The molecule has 17 heavy (non-hydrogen) atoms. The van der Waals surface area contributed by atoms with Crippen LogP contribution in [0.3, 0.4) is 0 Å². The molecule has 1 aromatic heterocycles. The Balaban J connectivity index is 1.99. The third kappa shape index (κ3) is 3.68. The highest BCUT2D eigenvalue weighted by Crippen LogP contribution is 2.25. The van der Waals surface area contributed by atoms with E-state index in [0.29, 0.717) is 0 Å². The van der Waals surface area contributed by atoms with Gasteiger partial charge in [-0.25, -0.2) is 0 Å². The summed E-state index contributed by atoms with van der Waals surface area (Å²) in [6, 6.07) is 10.3. The number of hydrogen-bond acceptors (Lipinski definition) is 2. The highest BCUT2D eigenvalue weighted by molar-refractivity contribution is 14.1. The molecule has 0 aliphatic rings. The van der Waals surface area contributed by atoms with Crippen LogP contribution in [-0.4, -0.2) is 0 Å².